The van der Waals surface area contributed by atoms with Gasteiger partial charge in [0.05, 0.1) is 22.5 Å². The van der Waals surface area contributed by atoms with Crippen LogP contribution < -0.4 is 5.32 Å². The van der Waals surface area contributed by atoms with E-state index >= 15 is 0 Å². The second-order valence-corrected chi connectivity index (χ2v) is 4.03. The number of amides is 1. The zero-order valence-electron chi connectivity index (χ0n) is 9.81. The van der Waals surface area contributed by atoms with Gasteiger partial charge in [-0.05, 0) is 24.3 Å². The monoisotopic (exact) mass is 275 g/mol. The molecule has 2 N–H and O–H groups in total. The average molecular weight is 276 g/mol. The van der Waals surface area contributed by atoms with Crippen molar-refractivity contribution in [2.24, 2.45) is 0 Å². The zero-order valence-corrected chi connectivity index (χ0v) is 10.6. The number of hydrogen-bond donors (Lipinski definition) is 2. The van der Waals surface area contributed by atoms with Crippen LogP contribution in [0.25, 0.3) is 0 Å². The molecule has 0 saturated carbocycles. The van der Waals surface area contributed by atoms with Gasteiger partial charge in [0.15, 0.2) is 0 Å². The maximum Gasteiger partial charge on any atom is 0.258 e. The average Bonchev–Trinajstić information content (AvgIpc) is 2.93. The van der Waals surface area contributed by atoms with Crippen molar-refractivity contribution < 1.29 is 14.3 Å². The molecule has 2 rings (SSSR count). The molecule has 1 amide bonds. The Kier molecular flexibility index (Phi) is 4.24. The number of furan rings is 1. The van der Waals surface area contributed by atoms with Gasteiger partial charge in [-0.15, -0.1) is 0 Å². The number of anilines is 1. The highest BCUT2D eigenvalue weighted by atomic mass is 35.5. The summed E-state index contributed by atoms with van der Waals surface area (Å²) in [4.78, 5) is 11.8. The van der Waals surface area contributed by atoms with E-state index in [2.05, 4.69) is 17.2 Å². The molecule has 19 heavy (non-hydrogen) atoms. The Hall–Kier alpha value is -2.22. The van der Waals surface area contributed by atoms with Crippen LogP contribution >= 0.6 is 11.6 Å². The van der Waals surface area contributed by atoms with Crippen LogP contribution in [0.15, 0.2) is 41.2 Å². The molecule has 0 spiro atoms. The van der Waals surface area contributed by atoms with Crippen molar-refractivity contribution in [2.75, 3.05) is 11.9 Å². The maximum absolute atomic E-state index is 11.8. The molecule has 0 bridgehead atoms. The predicted octanol–water partition coefficient (Wildman–Crippen LogP) is 2.53. The minimum atomic E-state index is -0.317. The second-order valence-electron chi connectivity index (χ2n) is 3.62. The first-order chi connectivity index (χ1) is 9.20. The van der Waals surface area contributed by atoms with Crippen molar-refractivity contribution in [1.82, 2.24) is 0 Å². The molecule has 0 aliphatic carbocycles. The number of nitrogens with one attached hydrogen (secondary N) is 1. The molecule has 1 aromatic carbocycles. The Balaban J connectivity index is 2.22. The lowest BCUT2D eigenvalue weighted by Crippen LogP contribution is -2.11. The van der Waals surface area contributed by atoms with Gasteiger partial charge in [-0.1, -0.05) is 23.4 Å². The molecule has 0 saturated heterocycles. The number of carbonyl (C=O) groups excluding carboxylic acids is 1. The highest BCUT2D eigenvalue weighted by molar-refractivity contribution is 6.34. The molecular formula is C14H10ClNO3. The van der Waals surface area contributed by atoms with E-state index in [-0.39, 0.29) is 12.5 Å². The van der Waals surface area contributed by atoms with Crippen LogP contribution in [0, 0.1) is 11.8 Å². The Morgan fingerprint density at radius 1 is 1.42 bits per heavy atom. The van der Waals surface area contributed by atoms with Crippen molar-refractivity contribution in [3.05, 3.63) is 52.9 Å². The molecule has 0 aliphatic rings. The van der Waals surface area contributed by atoms with Crippen molar-refractivity contribution >= 4 is 23.2 Å². The fraction of sp³-hybridized carbons (Fsp3) is 0.0714. The minimum Gasteiger partial charge on any atom is -0.472 e. The molecule has 1 heterocycles. The van der Waals surface area contributed by atoms with E-state index in [9.17, 15) is 4.79 Å². The highest BCUT2D eigenvalue weighted by Crippen LogP contribution is 2.23. The number of benzene rings is 1. The molecular weight excluding hydrogens is 266 g/mol. The summed E-state index contributed by atoms with van der Waals surface area (Å²) in [5, 5.41) is 11.7. The van der Waals surface area contributed by atoms with Gasteiger partial charge in [0.1, 0.15) is 12.9 Å². The Morgan fingerprint density at radius 2 is 2.26 bits per heavy atom. The number of aliphatic hydroxyl groups is 1. The van der Waals surface area contributed by atoms with E-state index < -0.39 is 0 Å². The predicted molar refractivity (Wildman–Crippen MR) is 72.1 cm³/mol. The first-order valence-electron chi connectivity index (χ1n) is 5.43. The van der Waals surface area contributed by atoms with Crippen molar-refractivity contribution in [2.45, 2.75) is 0 Å². The largest absolute Gasteiger partial charge is 0.472 e. The van der Waals surface area contributed by atoms with E-state index in [4.69, 9.17) is 21.1 Å². The van der Waals surface area contributed by atoms with Gasteiger partial charge in [-0.2, -0.15) is 0 Å². The smallest absolute Gasteiger partial charge is 0.258 e. The lowest BCUT2D eigenvalue weighted by molar-refractivity contribution is 0.102. The summed E-state index contributed by atoms with van der Waals surface area (Å²) in [7, 11) is 0. The van der Waals surface area contributed by atoms with Gasteiger partial charge in [0, 0.05) is 5.56 Å². The molecule has 0 aliphatic heterocycles. The van der Waals surface area contributed by atoms with Gasteiger partial charge in [0.25, 0.3) is 5.91 Å². The van der Waals surface area contributed by atoms with Gasteiger partial charge in [-0.3, -0.25) is 4.79 Å². The summed E-state index contributed by atoms with van der Waals surface area (Å²) in [5.41, 5.74) is 1.52. The van der Waals surface area contributed by atoms with E-state index in [1.807, 2.05) is 0 Å². The summed E-state index contributed by atoms with van der Waals surface area (Å²) in [6, 6.07) is 6.54. The van der Waals surface area contributed by atoms with Crippen LogP contribution in [-0.2, 0) is 0 Å². The Bertz CT molecular complexity index is 638. The van der Waals surface area contributed by atoms with Crippen LogP contribution in [0.5, 0.6) is 0 Å². The molecule has 4 nitrogen and oxygen atoms in total. The van der Waals surface area contributed by atoms with E-state index in [0.717, 1.165) is 0 Å². The van der Waals surface area contributed by atoms with Gasteiger partial charge in [0.2, 0.25) is 0 Å². The summed E-state index contributed by atoms with van der Waals surface area (Å²) < 4.78 is 4.84. The van der Waals surface area contributed by atoms with Crippen LogP contribution in [0.3, 0.4) is 0 Å². The molecule has 2 aromatic rings. The Morgan fingerprint density at radius 3 is 2.95 bits per heavy atom. The van der Waals surface area contributed by atoms with Crippen molar-refractivity contribution in [3.8, 4) is 11.8 Å². The standard InChI is InChI=1S/C14H10ClNO3/c15-12-4-3-10(2-1-6-17)8-13(12)16-14(18)11-5-7-19-9-11/h3-5,7-9,17H,6H2,(H,16,18). The third kappa shape index (κ3) is 3.38. The Labute approximate surface area is 115 Å². The number of carbonyl (C=O) groups is 1. The fourth-order valence-corrected chi connectivity index (χ4v) is 1.59. The zero-order chi connectivity index (χ0) is 13.7. The minimum absolute atomic E-state index is 0.223. The van der Waals surface area contributed by atoms with Crippen LogP contribution in [-0.4, -0.2) is 17.6 Å². The van der Waals surface area contributed by atoms with E-state index in [1.54, 1.807) is 24.3 Å². The van der Waals surface area contributed by atoms with E-state index in [0.29, 0.717) is 21.8 Å². The van der Waals surface area contributed by atoms with Gasteiger partial charge >= 0.3 is 0 Å². The molecule has 96 valence electrons. The van der Waals surface area contributed by atoms with E-state index in [1.165, 1.54) is 12.5 Å². The molecule has 0 fully saturated rings. The van der Waals surface area contributed by atoms with Crippen molar-refractivity contribution in [3.63, 3.8) is 0 Å². The third-order valence-corrected chi connectivity index (χ3v) is 2.64. The maximum atomic E-state index is 11.8. The van der Waals surface area contributed by atoms with Gasteiger partial charge in [-0.25, -0.2) is 0 Å². The quantitative estimate of drug-likeness (QED) is 0.828. The first-order valence-corrected chi connectivity index (χ1v) is 5.81. The van der Waals surface area contributed by atoms with Crippen molar-refractivity contribution in [1.29, 1.82) is 0 Å². The number of halogens is 1. The number of rotatable bonds is 2. The number of aliphatic hydroxyl groups excluding tert-OH is 1. The summed E-state index contributed by atoms with van der Waals surface area (Å²) in [6.45, 7) is -0.223. The lowest BCUT2D eigenvalue weighted by Gasteiger charge is -2.06. The summed E-state index contributed by atoms with van der Waals surface area (Å²) >= 11 is 6.00. The molecule has 1 aromatic heterocycles. The molecule has 0 atom stereocenters. The SMILES string of the molecule is O=C(Nc1cc(C#CCO)ccc1Cl)c1ccoc1. The number of hydrogen-bond acceptors (Lipinski definition) is 3. The van der Waals surface area contributed by atoms with Crippen LogP contribution in [0.2, 0.25) is 5.02 Å². The van der Waals surface area contributed by atoms with Crippen LogP contribution in [0.4, 0.5) is 5.69 Å². The van der Waals surface area contributed by atoms with Gasteiger partial charge < -0.3 is 14.8 Å². The second kappa shape index (κ2) is 6.10. The summed E-state index contributed by atoms with van der Waals surface area (Å²) in [6.07, 6.45) is 2.76. The van der Waals surface area contributed by atoms with Crippen LogP contribution in [0.1, 0.15) is 15.9 Å². The first kappa shape index (κ1) is 13.2. The molecule has 5 heteroatoms. The lowest BCUT2D eigenvalue weighted by atomic mass is 10.2. The summed E-state index contributed by atoms with van der Waals surface area (Å²) in [5.74, 6) is 4.95. The normalized spacial score (nSPS) is 9.58. The highest BCUT2D eigenvalue weighted by Gasteiger charge is 2.09. The fourth-order valence-electron chi connectivity index (χ4n) is 1.43. The topological polar surface area (TPSA) is 62.5 Å². The molecule has 0 radical (unpaired) electrons. The third-order valence-electron chi connectivity index (χ3n) is 2.31. The molecule has 0 unspecified atom stereocenters.